The lowest BCUT2D eigenvalue weighted by atomic mass is 9.98. The minimum atomic E-state index is 0.703. The molecule has 0 atom stereocenters. The highest BCUT2D eigenvalue weighted by atomic mass is 32.1. The maximum absolute atomic E-state index is 4.80. The van der Waals surface area contributed by atoms with Gasteiger partial charge in [-0.15, -0.1) is 11.3 Å². The highest BCUT2D eigenvalue weighted by Gasteiger charge is 2.19. The Bertz CT molecular complexity index is 2600. The van der Waals surface area contributed by atoms with Gasteiger partial charge in [-0.2, -0.15) is 0 Å². The third-order valence-corrected chi connectivity index (χ3v) is 11.1. The molecule has 6 aromatic carbocycles. The lowest BCUT2D eigenvalue weighted by Gasteiger charge is -2.25. The van der Waals surface area contributed by atoms with Gasteiger partial charge in [-0.25, -0.2) is 9.97 Å². The van der Waals surface area contributed by atoms with Crippen LogP contribution in [0.3, 0.4) is 0 Å². The van der Waals surface area contributed by atoms with Crippen LogP contribution in [0.4, 0.5) is 17.1 Å². The summed E-state index contributed by atoms with van der Waals surface area (Å²) in [5.74, 6) is 0.703. The molecule has 52 heavy (non-hydrogen) atoms. The fraction of sp³-hybridized carbons (Fsp3) is 0.0417. The average molecular weight is 686 g/mol. The van der Waals surface area contributed by atoms with Gasteiger partial charge in [0.15, 0.2) is 5.82 Å². The lowest BCUT2D eigenvalue weighted by molar-refractivity contribution is 1.14. The first kappa shape index (κ1) is 31.6. The molecule has 9 rings (SSSR count). The van der Waals surface area contributed by atoms with E-state index in [0.717, 1.165) is 34.6 Å². The lowest BCUT2D eigenvalue weighted by Crippen LogP contribution is -2.11. The summed E-state index contributed by atoms with van der Waals surface area (Å²) in [6.45, 7) is 6.11. The topological polar surface area (TPSA) is 29.0 Å². The van der Waals surface area contributed by atoms with Crippen LogP contribution < -0.4 is 4.90 Å². The largest absolute Gasteiger partial charge is 0.308 e. The molecular weight excluding hydrogens is 651 g/mol. The standard InChI is InChI=1S/C48H35N3S/c1-3-10-43-45-29-36(21-26-47(45)52-46(43)4-2)33-19-24-40(25-20-33)51(41-30-49-48(50-31-41)34-11-6-5-7-12-34)39-22-17-32(18-23-39)35-15-16-38-27-37-13-8-9-14-42(37)44(38)28-35/h3-26,28-31H,2,27H2,1H3/b10-3-. The van der Waals surface area contributed by atoms with Crippen molar-refractivity contribution in [2.45, 2.75) is 13.3 Å². The van der Waals surface area contributed by atoms with Crippen LogP contribution in [0.1, 0.15) is 28.5 Å². The Balaban J connectivity index is 1.08. The van der Waals surface area contributed by atoms with Crippen molar-refractivity contribution in [1.82, 2.24) is 9.97 Å². The van der Waals surface area contributed by atoms with E-state index in [9.17, 15) is 0 Å². The molecule has 0 radical (unpaired) electrons. The highest BCUT2D eigenvalue weighted by molar-refractivity contribution is 7.20. The smallest absolute Gasteiger partial charge is 0.159 e. The quantitative estimate of drug-likeness (QED) is 0.159. The normalized spacial score (nSPS) is 11.9. The Kier molecular flexibility index (Phi) is 8.15. The summed E-state index contributed by atoms with van der Waals surface area (Å²) in [5.41, 5.74) is 15.4. The molecule has 2 heterocycles. The van der Waals surface area contributed by atoms with E-state index in [1.807, 2.05) is 48.8 Å². The molecule has 0 aliphatic heterocycles. The fourth-order valence-corrected chi connectivity index (χ4v) is 8.36. The number of rotatable bonds is 8. The number of hydrogen-bond donors (Lipinski definition) is 0. The molecule has 248 valence electrons. The zero-order chi connectivity index (χ0) is 35.0. The molecule has 0 amide bonds. The predicted molar refractivity (Wildman–Crippen MR) is 221 cm³/mol. The summed E-state index contributed by atoms with van der Waals surface area (Å²) in [4.78, 5) is 13.0. The van der Waals surface area contributed by atoms with Crippen LogP contribution in [0.25, 0.3) is 67.0 Å². The van der Waals surface area contributed by atoms with Crippen LogP contribution in [0.2, 0.25) is 0 Å². The monoisotopic (exact) mass is 685 g/mol. The average Bonchev–Trinajstić information content (AvgIpc) is 3.76. The van der Waals surface area contributed by atoms with E-state index >= 15 is 0 Å². The molecule has 0 bridgehead atoms. The Morgan fingerprint density at radius 3 is 1.90 bits per heavy atom. The van der Waals surface area contributed by atoms with Crippen LogP contribution in [0.15, 0.2) is 165 Å². The van der Waals surface area contributed by atoms with E-state index in [1.165, 1.54) is 59.5 Å². The van der Waals surface area contributed by atoms with Crippen molar-refractivity contribution in [2.24, 2.45) is 0 Å². The molecule has 8 aromatic rings. The van der Waals surface area contributed by atoms with E-state index < -0.39 is 0 Å². The molecular formula is C48H35N3S. The van der Waals surface area contributed by atoms with Crippen LogP contribution in [-0.2, 0) is 6.42 Å². The van der Waals surface area contributed by atoms with Crippen molar-refractivity contribution in [3.05, 3.63) is 186 Å². The van der Waals surface area contributed by atoms with Crippen molar-refractivity contribution >= 4 is 50.6 Å². The van der Waals surface area contributed by atoms with Gasteiger partial charge in [0.1, 0.15) is 0 Å². The van der Waals surface area contributed by atoms with Gasteiger partial charge in [0.05, 0.1) is 18.1 Å². The SMILES string of the molecule is C=Cc1sc2ccc(-c3ccc(N(c4ccc(-c5ccc6c(c5)-c5ccccc5C6)cc4)c4cnc(-c5ccccc5)nc4)cc3)cc2c1/C=C\C. The van der Waals surface area contributed by atoms with E-state index in [2.05, 4.69) is 140 Å². The van der Waals surface area contributed by atoms with Crippen molar-refractivity contribution in [2.75, 3.05) is 4.90 Å². The third kappa shape index (κ3) is 5.73. The summed E-state index contributed by atoms with van der Waals surface area (Å²) in [5, 5.41) is 1.25. The summed E-state index contributed by atoms with van der Waals surface area (Å²) >= 11 is 1.78. The van der Waals surface area contributed by atoms with E-state index in [1.54, 1.807) is 11.3 Å². The minimum Gasteiger partial charge on any atom is -0.308 e. The first-order chi connectivity index (χ1) is 25.7. The van der Waals surface area contributed by atoms with Crippen molar-refractivity contribution in [3.8, 4) is 44.8 Å². The van der Waals surface area contributed by atoms with Gasteiger partial charge in [0.2, 0.25) is 0 Å². The highest BCUT2D eigenvalue weighted by Crippen LogP contribution is 2.41. The summed E-state index contributed by atoms with van der Waals surface area (Å²) < 4.78 is 1.27. The second-order valence-corrected chi connectivity index (χ2v) is 14.1. The van der Waals surface area contributed by atoms with Gasteiger partial charge in [0.25, 0.3) is 0 Å². The van der Waals surface area contributed by atoms with Gasteiger partial charge in [-0.1, -0.05) is 122 Å². The number of nitrogens with zero attached hydrogens (tertiary/aromatic N) is 3. The number of anilines is 3. The molecule has 3 nitrogen and oxygen atoms in total. The second kappa shape index (κ2) is 13.4. The first-order valence-electron chi connectivity index (χ1n) is 17.6. The van der Waals surface area contributed by atoms with Gasteiger partial charge in [0, 0.05) is 31.9 Å². The molecule has 0 spiro atoms. The number of hydrogen-bond acceptors (Lipinski definition) is 4. The molecule has 4 heteroatoms. The summed E-state index contributed by atoms with van der Waals surface area (Å²) in [7, 11) is 0. The van der Waals surface area contributed by atoms with E-state index in [4.69, 9.17) is 9.97 Å². The molecule has 0 saturated carbocycles. The molecule has 0 unspecified atom stereocenters. The van der Waals surface area contributed by atoms with Crippen LogP contribution >= 0.6 is 11.3 Å². The van der Waals surface area contributed by atoms with Gasteiger partial charge in [-0.3, -0.25) is 0 Å². The fourth-order valence-electron chi connectivity index (χ4n) is 7.33. The van der Waals surface area contributed by atoms with Gasteiger partial charge in [-0.05, 0) is 106 Å². The number of aromatic nitrogens is 2. The van der Waals surface area contributed by atoms with Gasteiger partial charge >= 0.3 is 0 Å². The number of allylic oxidation sites excluding steroid dienone is 1. The Hall–Kier alpha value is -6.36. The second-order valence-electron chi connectivity index (χ2n) is 13.1. The maximum atomic E-state index is 4.80. The van der Waals surface area contributed by atoms with Crippen molar-refractivity contribution in [1.29, 1.82) is 0 Å². The van der Waals surface area contributed by atoms with E-state index in [-0.39, 0.29) is 0 Å². The van der Waals surface area contributed by atoms with Crippen molar-refractivity contribution in [3.63, 3.8) is 0 Å². The maximum Gasteiger partial charge on any atom is 0.159 e. The van der Waals surface area contributed by atoms with Gasteiger partial charge < -0.3 is 4.90 Å². The number of fused-ring (bicyclic) bond motifs is 4. The summed E-state index contributed by atoms with van der Waals surface area (Å²) in [6, 6.07) is 50.1. The van der Waals surface area contributed by atoms with E-state index in [0.29, 0.717) is 5.82 Å². The Morgan fingerprint density at radius 2 is 1.21 bits per heavy atom. The first-order valence-corrected chi connectivity index (χ1v) is 18.4. The molecule has 0 N–H and O–H groups in total. The Labute approximate surface area is 308 Å². The van der Waals surface area contributed by atoms with Crippen LogP contribution in [-0.4, -0.2) is 9.97 Å². The molecule has 1 aliphatic rings. The Morgan fingerprint density at radius 1 is 0.596 bits per heavy atom. The zero-order valence-corrected chi connectivity index (χ0v) is 29.6. The molecule has 1 aliphatic carbocycles. The molecule has 2 aromatic heterocycles. The minimum absolute atomic E-state index is 0.703. The zero-order valence-electron chi connectivity index (χ0n) is 28.8. The predicted octanol–water partition coefficient (Wildman–Crippen LogP) is 13.4. The number of benzene rings is 6. The van der Waals surface area contributed by atoms with Crippen LogP contribution in [0, 0.1) is 0 Å². The molecule has 0 saturated heterocycles. The van der Waals surface area contributed by atoms with Crippen molar-refractivity contribution < 1.29 is 0 Å². The molecule has 0 fully saturated rings. The third-order valence-electron chi connectivity index (χ3n) is 9.92. The van der Waals surface area contributed by atoms with Crippen LogP contribution in [0.5, 0.6) is 0 Å². The number of thiophene rings is 1. The summed E-state index contributed by atoms with van der Waals surface area (Å²) in [6.07, 6.45) is 11.1.